The summed E-state index contributed by atoms with van der Waals surface area (Å²) in [5.41, 5.74) is 52.9. The van der Waals surface area contributed by atoms with E-state index >= 15 is 0 Å². The van der Waals surface area contributed by atoms with Crippen molar-refractivity contribution >= 4 is 422 Å². The van der Waals surface area contributed by atoms with Crippen molar-refractivity contribution < 1.29 is 4.42 Å². The summed E-state index contributed by atoms with van der Waals surface area (Å²) in [6.45, 7) is 0. The molecule has 0 aliphatic rings. The van der Waals surface area contributed by atoms with Crippen LogP contribution in [0.25, 0.3) is 77.2 Å². The van der Waals surface area contributed by atoms with Crippen LogP contribution in [0.3, 0.4) is 0 Å². The van der Waals surface area contributed by atoms with E-state index in [9.17, 15) is 0 Å². The molecule has 366 valence electrons. The van der Waals surface area contributed by atoms with Crippen LogP contribution in [0.1, 0.15) is 0 Å². The van der Waals surface area contributed by atoms with Gasteiger partial charge in [-0.2, -0.15) is 0 Å². The second-order valence-corrected chi connectivity index (χ2v) is 25.7. The Balaban J connectivity index is 1.38. The van der Waals surface area contributed by atoms with Gasteiger partial charge in [-0.25, -0.2) is 0 Å². The molecule has 0 saturated carbocycles. The van der Waals surface area contributed by atoms with Crippen molar-refractivity contribution in [1.29, 1.82) is 0 Å². The molecule has 30 heteroatoms. The Labute approximate surface area is 515 Å². The maximum absolute atomic E-state index is 7.69. The van der Waals surface area contributed by atoms with Crippen LogP contribution in [0.15, 0.2) is 46.9 Å². The van der Waals surface area contributed by atoms with E-state index in [1.165, 1.54) is 219 Å². The van der Waals surface area contributed by atoms with Crippen molar-refractivity contribution in [2.45, 2.75) is 0 Å². The number of benzene rings is 9. The molecule has 0 aliphatic carbocycles. The van der Waals surface area contributed by atoms with E-state index in [0.29, 0.717) is 0 Å². The molecule has 0 amide bonds. The van der Waals surface area contributed by atoms with Gasteiger partial charge in [0.1, 0.15) is 231 Å². The molecule has 0 bridgehead atoms. The molecule has 2 nitrogen and oxygen atoms in total. The molecule has 1 aromatic heterocycles. The van der Waals surface area contributed by atoms with Crippen LogP contribution in [0, 0.1) is 0 Å². The van der Waals surface area contributed by atoms with E-state index in [1.807, 2.05) is 0 Å². The standard InChI is InChI=1S/C52H63B28NO/c53-13-4-3-9(25(56)27(13)58)11-6-12(18-30(61)41(72)47(78)42(73)31(18)62)26(57)49(80)50(11)81(8-1-2-10(14(54)5-8)17-20-21(33(64)39(70)29(17)60)34(65)44(75)43(74)32(20)63)16-7-15(55)19-23-37(68)40(71)38(69)24(51(23)82-52(19)28(16)59)22-35(66)45(76)48(79)46(77)36(22)67/h1-7H,53-80H2. The molecule has 0 spiro atoms. The molecule has 0 saturated heterocycles. The molecule has 0 radical (unpaired) electrons. The van der Waals surface area contributed by atoms with Crippen molar-refractivity contribution in [1.82, 2.24) is 0 Å². The fourth-order valence-corrected chi connectivity index (χ4v) is 14.9. The highest BCUT2D eigenvalue weighted by Crippen LogP contribution is 2.41. The molecule has 0 unspecified atom stereocenters. The van der Waals surface area contributed by atoms with E-state index in [1.54, 1.807) is 0 Å². The second-order valence-electron chi connectivity index (χ2n) is 25.7. The van der Waals surface area contributed by atoms with Gasteiger partial charge in [-0.05, 0) is 73.9 Å². The van der Waals surface area contributed by atoms with Gasteiger partial charge in [0.2, 0.25) is 0 Å². The Morgan fingerprint density at radius 3 is 1.20 bits per heavy atom. The van der Waals surface area contributed by atoms with Gasteiger partial charge in [-0.1, -0.05) is 111 Å². The van der Waals surface area contributed by atoms with Gasteiger partial charge in [-0.15, -0.1) is 54.6 Å². The summed E-state index contributed by atoms with van der Waals surface area (Å²) in [7, 11) is 64.9. The highest BCUT2D eigenvalue weighted by Gasteiger charge is 2.31. The molecule has 0 atom stereocenters. The molecular formula is C52H63B28NO. The van der Waals surface area contributed by atoms with Gasteiger partial charge in [0.15, 0.2) is 0 Å². The van der Waals surface area contributed by atoms with Crippen molar-refractivity contribution in [3.05, 3.63) is 42.5 Å². The van der Waals surface area contributed by atoms with Gasteiger partial charge in [-0.3, -0.25) is 0 Å². The van der Waals surface area contributed by atoms with E-state index in [2.05, 4.69) is 267 Å². The van der Waals surface area contributed by atoms with Crippen molar-refractivity contribution in [2.75, 3.05) is 4.90 Å². The van der Waals surface area contributed by atoms with Crippen LogP contribution in [-0.2, 0) is 0 Å². The number of hydrogen-bond acceptors (Lipinski definition) is 2. The number of furan rings is 1. The fraction of sp³-hybridized carbons (Fsp3) is 0. The lowest BCUT2D eigenvalue weighted by Gasteiger charge is -2.35. The number of nitrogens with zero attached hydrogens (tertiary/aromatic N) is 1. The van der Waals surface area contributed by atoms with Crippen LogP contribution in [0.2, 0.25) is 0 Å². The van der Waals surface area contributed by atoms with E-state index < -0.39 is 0 Å². The predicted molar refractivity (Wildman–Crippen MR) is 457 cm³/mol. The normalized spacial score (nSPS) is 11.6. The third-order valence-corrected chi connectivity index (χ3v) is 22.2. The van der Waals surface area contributed by atoms with Gasteiger partial charge in [0.25, 0.3) is 0 Å². The van der Waals surface area contributed by atoms with Crippen molar-refractivity contribution in [3.8, 4) is 44.5 Å². The van der Waals surface area contributed by atoms with Crippen LogP contribution >= 0.6 is 0 Å². The summed E-state index contributed by atoms with van der Waals surface area (Å²) in [4.78, 5) is 2.63. The summed E-state index contributed by atoms with van der Waals surface area (Å²) in [5.74, 6) is 0. The van der Waals surface area contributed by atoms with E-state index in [0.717, 1.165) is 28.0 Å². The summed E-state index contributed by atoms with van der Waals surface area (Å²) < 4.78 is 7.69. The summed E-state index contributed by atoms with van der Waals surface area (Å²) >= 11 is 0. The summed E-state index contributed by atoms with van der Waals surface area (Å²) in [6.07, 6.45) is 0. The highest BCUT2D eigenvalue weighted by atomic mass is 16.3. The average Bonchev–Trinajstić information content (AvgIpc) is 1.81. The number of rotatable bonds is 7. The largest absolute Gasteiger partial charge is 0.456 e. The molecule has 10 rings (SSSR count). The van der Waals surface area contributed by atoms with Crippen LogP contribution in [0.5, 0.6) is 0 Å². The van der Waals surface area contributed by atoms with Crippen LogP contribution in [0.4, 0.5) is 17.1 Å². The predicted octanol–water partition coefficient (Wildman–Crippen LogP) is -33.9. The van der Waals surface area contributed by atoms with Gasteiger partial charge in [0, 0.05) is 39.0 Å². The molecule has 0 N–H and O–H groups in total. The van der Waals surface area contributed by atoms with Crippen LogP contribution < -0.4 is 158 Å². The minimum atomic E-state index is 0.953. The molecule has 10 aromatic rings. The molecule has 9 aromatic carbocycles. The second kappa shape index (κ2) is 21.3. The quantitative estimate of drug-likeness (QED) is 0.148. The summed E-state index contributed by atoms with van der Waals surface area (Å²) in [5, 5.41) is 5.22. The van der Waals surface area contributed by atoms with Gasteiger partial charge in [0.05, 0.1) is 0 Å². The Kier molecular flexibility index (Phi) is 15.5. The number of anilines is 3. The first-order valence-electron chi connectivity index (χ1n) is 30.1. The Bertz CT molecular complexity index is 4510. The molecule has 82 heavy (non-hydrogen) atoms. The van der Waals surface area contributed by atoms with Gasteiger partial charge >= 0.3 is 0 Å². The number of fused-ring (bicyclic) bond motifs is 4. The maximum atomic E-state index is 7.69. The third kappa shape index (κ3) is 8.63. The number of hydrogen-bond donors (Lipinski definition) is 0. The first-order chi connectivity index (χ1) is 38.4. The third-order valence-electron chi connectivity index (χ3n) is 22.2. The fourth-order valence-electron chi connectivity index (χ4n) is 14.9. The van der Waals surface area contributed by atoms with E-state index in [4.69, 9.17) is 4.42 Å². The molecule has 0 aliphatic heterocycles. The minimum Gasteiger partial charge on any atom is -0.456 e. The lowest BCUT2D eigenvalue weighted by atomic mass is 9.58. The highest BCUT2D eigenvalue weighted by molar-refractivity contribution is 6.75. The summed E-state index contributed by atoms with van der Waals surface area (Å²) in [6, 6.07) is 17.1. The van der Waals surface area contributed by atoms with Crippen LogP contribution in [-0.4, -0.2) is 220 Å². The molecule has 0 fully saturated rings. The van der Waals surface area contributed by atoms with Gasteiger partial charge < -0.3 is 9.32 Å². The minimum absolute atomic E-state index is 0.953. The zero-order valence-corrected chi connectivity index (χ0v) is 55.4. The zero-order chi connectivity index (χ0) is 60.2. The SMILES string of the molecule is Bc1cc(N(c2cc(B)c3c(oc4c(-c5c(B)c(B)c(B)c(B)c5B)c(B)c(B)c(B)c43)c2B)c2c(-c3ccc(B)c(B)c3B)cc(-c3c(B)c(B)c(B)c(B)c3B)c(B)c2B)ccc1-c1c(B)c(B)c(B)c2c(B)c(B)c(B)c(B)c12. The first-order valence-corrected chi connectivity index (χ1v) is 30.1. The van der Waals surface area contributed by atoms with Crippen molar-refractivity contribution in [2.24, 2.45) is 0 Å². The maximum Gasteiger partial charge on any atom is 0.147 e. The molecular weight excluding hydrogens is 957 g/mol. The molecule has 1 heterocycles. The lowest BCUT2D eigenvalue weighted by molar-refractivity contribution is 0.673. The Morgan fingerprint density at radius 2 is 0.659 bits per heavy atom. The topological polar surface area (TPSA) is 16.4 Å². The van der Waals surface area contributed by atoms with Crippen molar-refractivity contribution in [3.63, 3.8) is 0 Å². The lowest BCUT2D eigenvalue weighted by Crippen LogP contribution is -2.56. The Hall–Kier alpha value is -5.34. The first kappa shape index (κ1) is 59.8. The average molecular weight is 1020 g/mol. The smallest absolute Gasteiger partial charge is 0.147 e. The zero-order valence-electron chi connectivity index (χ0n) is 55.4. The monoisotopic (exact) mass is 1030 g/mol. The van der Waals surface area contributed by atoms with E-state index in [-0.39, 0.29) is 0 Å². The Morgan fingerprint density at radius 1 is 0.232 bits per heavy atom.